The molecule has 0 spiro atoms. The second kappa shape index (κ2) is 6.71. The second-order valence-electron chi connectivity index (χ2n) is 6.84. The molecule has 0 N–H and O–H groups in total. The molecule has 2 aromatic rings. The molecule has 4 nitrogen and oxygen atoms in total. The lowest BCUT2D eigenvalue weighted by Gasteiger charge is -2.35. The molecule has 4 heteroatoms. The van der Waals surface area contributed by atoms with Crippen LogP contribution in [0.1, 0.15) is 23.2 Å². The summed E-state index contributed by atoms with van der Waals surface area (Å²) >= 11 is 0. The SMILES string of the molecule is O=C(c1cccc(-c2ccccc2)c1)N1CCN(C(=O)C2CC2)CC1. The smallest absolute Gasteiger partial charge is 0.253 e. The Labute approximate surface area is 148 Å². The van der Waals surface area contributed by atoms with Crippen LogP contribution in [-0.4, -0.2) is 47.8 Å². The zero-order valence-corrected chi connectivity index (χ0v) is 14.2. The van der Waals surface area contributed by atoms with E-state index in [0.717, 1.165) is 24.0 Å². The summed E-state index contributed by atoms with van der Waals surface area (Å²) in [4.78, 5) is 28.7. The summed E-state index contributed by atoms with van der Waals surface area (Å²) in [6, 6.07) is 17.9. The van der Waals surface area contributed by atoms with Crippen molar-refractivity contribution in [3.05, 3.63) is 60.2 Å². The molecule has 2 fully saturated rings. The molecule has 1 heterocycles. The number of carbonyl (C=O) groups is 2. The van der Waals surface area contributed by atoms with E-state index in [2.05, 4.69) is 0 Å². The minimum absolute atomic E-state index is 0.0521. The summed E-state index contributed by atoms with van der Waals surface area (Å²) in [6.45, 7) is 2.54. The van der Waals surface area contributed by atoms with E-state index in [0.29, 0.717) is 31.7 Å². The predicted molar refractivity (Wildman–Crippen MR) is 97.1 cm³/mol. The number of amides is 2. The molecule has 1 aliphatic carbocycles. The van der Waals surface area contributed by atoms with Crippen LogP contribution < -0.4 is 0 Å². The molecule has 0 unspecified atom stereocenters. The third kappa shape index (κ3) is 3.43. The molecule has 2 aliphatic rings. The summed E-state index contributed by atoms with van der Waals surface area (Å²) in [5.41, 5.74) is 2.87. The molecule has 0 atom stereocenters. The molecule has 2 amide bonds. The summed E-state index contributed by atoms with van der Waals surface area (Å²) < 4.78 is 0. The van der Waals surface area contributed by atoms with Gasteiger partial charge < -0.3 is 9.80 Å². The number of hydrogen-bond donors (Lipinski definition) is 0. The van der Waals surface area contributed by atoms with E-state index in [4.69, 9.17) is 0 Å². The van der Waals surface area contributed by atoms with Gasteiger partial charge >= 0.3 is 0 Å². The maximum Gasteiger partial charge on any atom is 0.253 e. The summed E-state index contributed by atoms with van der Waals surface area (Å²) in [5.74, 6) is 0.583. The van der Waals surface area contributed by atoms with Gasteiger partial charge in [-0.05, 0) is 36.1 Å². The van der Waals surface area contributed by atoms with Gasteiger partial charge in [0.05, 0.1) is 0 Å². The Kier molecular flexibility index (Phi) is 4.26. The van der Waals surface area contributed by atoms with Gasteiger partial charge in [0.2, 0.25) is 5.91 Å². The zero-order chi connectivity index (χ0) is 17.2. The topological polar surface area (TPSA) is 40.6 Å². The Morgan fingerprint density at radius 1 is 0.760 bits per heavy atom. The van der Waals surface area contributed by atoms with E-state index in [-0.39, 0.29) is 17.7 Å². The molecule has 1 aliphatic heterocycles. The van der Waals surface area contributed by atoms with Gasteiger partial charge in [-0.25, -0.2) is 0 Å². The fourth-order valence-electron chi connectivity index (χ4n) is 3.36. The Hall–Kier alpha value is -2.62. The molecule has 25 heavy (non-hydrogen) atoms. The van der Waals surface area contributed by atoms with Crippen molar-refractivity contribution in [2.45, 2.75) is 12.8 Å². The van der Waals surface area contributed by atoms with Crippen molar-refractivity contribution in [3.8, 4) is 11.1 Å². The fraction of sp³-hybridized carbons (Fsp3) is 0.333. The van der Waals surface area contributed by atoms with Gasteiger partial charge in [-0.15, -0.1) is 0 Å². The highest BCUT2D eigenvalue weighted by Gasteiger charge is 2.35. The summed E-state index contributed by atoms with van der Waals surface area (Å²) in [7, 11) is 0. The van der Waals surface area contributed by atoms with Gasteiger partial charge in [0, 0.05) is 37.7 Å². The van der Waals surface area contributed by atoms with Crippen LogP contribution in [0.3, 0.4) is 0 Å². The first-order valence-electron chi connectivity index (χ1n) is 8.96. The molecule has 0 bridgehead atoms. The third-order valence-electron chi connectivity index (χ3n) is 5.02. The van der Waals surface area contributed by atoms with Crippen LogP contribution >= 0.6 is 0 Å². The maximum absolute atomic E-state index is 12.8. The summed E-state index contributed by atoms with van der Waals surface area (Å²) in [5, 5.41) is 0. The highest BCUT2D eigenvalue weighted by atomic mass is 16.2. The Bertz CT molecular complexity index is 775. The van der Waals surface area contributed by atoms with Crippen molar-refractivity contribution in [1.29, 1.82) is 0 Å². The van der Waals surface area contributed by atoms with Gasteiger partial charge in [-0.1, -0.05) is 42.5 Å². The Balaban J connectivity index is 1.44. The predicted octanol–water partition coefficient (Wildman–Crippen LogP) is 3.05. The number of benzene rings is 2. The highest BCUT2D eigenvalue weighted by molar-refractivity contribution is 5.95. The van der Waals surface area contributed by atoms with Crippen molar-refractivity contribution in [3.63, 3.8) is 0 Å². The van der Waals surface area contributed by atoms with Crippen LogP contribution in [0, 0.1) is 5.92 Å². The molecular formula is C21H22N2O2. The Morgan fingerprint density at radius 2 is 1.40 bits per heavy atom. The number of nitrogens with zero attached hydrogens (tertiary/aromatic N) is 2. The highest BCUT2D eigenvalue weighted by Crippen LogP contribution is 2.31. The molecule has 128 valence electrons. The lowest BCUT2D eigenvalue weighted by Crippen LogP contribution is -2.51. The van der Waals surface area contributed by atoms with E-state index in [1.807, 2.05) is 64.4 Å². The lowest BCUT2D eigenvalue weighted by molar-refractivity contribution is -0.134. The van der Waals surface area contributed by atoms with Gasteiger partial charge in [-0.2, -0.15) is 0 Å². The molecule has 2 aromatic carbocycles. The third-order valence-corrected chi connectivity index (χ3v) is 5.02. The molecule has 1 saturated carbocycles. The number of piperazine rings is 1. The number of hydrogen-bond acceptors (Lipinski definition) is 2. The minimum Gasteiger partial charge on any atom is -0.339 e. The van der Waals surface area contributed by atoms with Crippen LogP contribution in [0.2, 0.25) is 0 Å². The van der Waals surface area contributed by atoms with Crippen LogP contribution in [0.5, 0.6) is 0 Å². The van der Waals surface area contributed by atoms with Gasteiger partial charge in [0.25, 0.3) is 5.91 Å². The molecular weight excluding hydrogens is 312 g/mol. The van der Waals surface area contributed by atoms with E-state index >= 15 is 0 Å². The number of carbonyl (C=O) groups excluding carboxylic acids is 2. The quantitative estimate of drug-likeness (QED) is 0.866. The van der Waals surface area contributed by atoms with E-state index in [9.17, 15) is 9.59 Å². The van der Waals surface area contributed by atoms with Crippen molar-refractivity contribution in [2.24, 2.45) is 5.92 Å². The first-order valence-corrected chi connectivity index (χ1v) is 8.96. The van der Waals surface area contributed by atoms with E-state index in [1.165, 1.54) is 0 Å². The first-order chi connectivity index (χ1) is 12.2. The van der Waals surface area contributed by atoms with Crippen molar-refractivity contribution in [2.75, 3.05) is 26.2 Å². The molecule has 1 saturated heterocycles. The summed E-state index contributed by atoms with van der Waals surface area (Å²) in [6.07, 6.45) is 2.06. The molecule has 0 radical (unpaired) electrons. The average Bonchev–Trinajstić information content (AvgIpc) is 3.53. The van der Waals surface area contributed by atoms with Crippen molar-refractivity contribution >= 4 is 11.8 Å². The zero-order valence-electron chi connectivity index (χ0n) is 14.2. The first kappa shape index (κ1) is 15.9. The van der Waals surface area contributed by atoms with Gasteiger partial charge in [-0.3, -0.25) is 9.59 Å². The van der Waals surface area contributed by atoms with Crippen molar-refractivity contribution in [1.82, 2.24) is 9.80 Å². The number of rotatable bonds is 3. The standard InChI is InChI=1S/C21H22N2O2/c24-20(17-9-10-17)22-11-13-23(14-12-22)21(25)19-8-4-7-18(15-19)16-5-2-1-3-6-16/h1-8,15,17H,9-14H2. The normalized spacial score (nSPS) is 17.4. The minimum atomic E-state index is 0.0521. The largest absolute Gasteiger partial charge is 0.339 e. The molecule has 0 aromatic heterocycles. The van der Waals surface area contributed by atoms with Crippen LogP contribution in [0.4, 0.5) is 0 Å². The lowest BCUT2D eigenvalue weighted by atomic mass is 10.0. The molecule has 4 rings (SSSR count). The maximum atomic E-state index is 12.8. The van der Waals surface area contributed by atoms with Gasteiger partial charge in [0.15, 0.2) is 0 Å². The van der Waals surface area contributed by atoms with Crippen molar-refractivity contribution < 1.29 is 9.59 Å². The van der Waals surface area contributed by atoms with E-state index < -0.39 is 0 Å². The average molecular weight is 334 g/mol. The Morgan fingerprint density at radius 3 is 2.08 bits per heavy atom. The monoisotopic (exact) mass is 334 g/mol. The van der Waals surface area contributed by atoms with E-state index in [1.54, 1.807) is 0 Å². The van der Waals surface area contributed by atoms with Crippen LogP contribution in [0.25, 0.3) is 11.1 Å². The van der Waals surface area contributed by atoms with Crippen LogP contribution in [-0.2, 0) is 4.79 Å². The van der Waals surface area contributed by atoms with Crippen LogP contribution in [0.15, 0.2) is 54.6 Å². The second-order valence-corrected chi connectivity index (χ2v) is 6.84. The van der Waals surface area contributed by atoms with Gasteiger partial charge in [0.1, 0.15) is 0 Å². The fourth-order valence-corrected chi connectivity index (χ4v) is 3.36.